The average molecular weight is 481 g/mol. The topological polar surface area (TPSA) is 120 Å². The van der Waals surface area contributed by atoms with Crippen LogP contribution in [-0.4, -0.2) is 47.5 Å². The van der Waals surface area contributed by atoms with E-state index >= 15 is 0 Å². The van der Waals surface area contributed by atoms with Crippen LogP contribution in [0.1, 0.15) is 44.2 Å². The van der Waals surface area contributed by atoms with Crippen molar-refractivity contribution in [3.05, 3.63) is 65.7 Å². The Morgan fingerprint density at radius 2 is 1.71 bits per heavy atom. The predicted octanol–water partition coefficient (Wildman–Crippen LogP) is 2.02. The van der Waals surface area contributed by atoms with Gasteiger partial charge < -0.3 is 26.4 Å². The van der Waals surface area contributed by atoms with Gasteiger partial charge in [-0.05, 0) is 48.6 Å². The van der Waals surface area contributed by atoms with Crippen LogP contribution in [0.25, 0.3) is 0 Å². The zero-order chi connectivity index (χ0) is 25.2. The summed E-state index contributed by atoms with van der Waals surface area (Å²) in [4.78, 5) is 39.3. The summed E-state index contributed by atoms with van der Waals surface area (Å²) in [5.74, 6) is -0.875. The fourth-order valence-corrected chi connectivity index (χ4v) is 4.11. The molecule has 5 N–H and O–H groups in total. The molecule has 8 heteroatoms. The number of hydrogen-bond donors (Lipinski definition) is 5. The summed E-state index contributed by atoms with van der Waals surface area (Å²) < 4.78 is 0. The first-order valence-electron chi connectivity index (χ1n) is 12.3. The van der Waals surface area contributed by atoms with Crippen molar-refractivity contribution >= 4 is 17.7 Å². The number of nitrogens with one attached hydrogen (secondary N) is 4. The second-order valence-electron chi connectivity index (χ2n) is 9.16. The van der Waals surface area contributed by atoms with Gasteiger partial charge in [0.15, 0.2) is 0 Å². The van der Waals surface area contributed by atoms with Crippen LogP contribution in [0.3, 0.4) is 0 Å². The molecule has 35 heavy (non-hydrogen) atoms. The number of carbonyl (C=O) groups is 3. The van der Waals surface area contributed by atoms with Crippen molar-refractivity contribution < 1.29 is 19.5 Å². The molecule has 1 fully saturated rings. The van der Waals surface area contributed by atoms with E-state index in [0.29, 0.717) is 13.0 Å². The lowest BCUT2D eigenvalue weighted by atomic mass is 9.97. The summed E-state index contributed by atoms with van der Waals surface area (Å²) in [6, 6.07) is 14.2. The third kappa shape index (κ3) is 7.82. The van der Waals surface area contributed by atoms with Crippen LogP contribution in [0.5, 0.6) is 5.75 Å². The van der Waals surface area contributed by atoms with Gasteiger partial charge in [0.1, 0.15) is 17.8 Å². The molecular formula is C27H36N4O4. The maximum Gasteiger partial charge on any atom is 0.243 e. The third-order valence-corrected chi connectivity index (χ3v) is 6.49. The smallest absolute Gasteiger partial charge is 0.243 e. The standard InChI is InChI=1S/C27H36N4O4/c1-3-18(2)24(27(35)29-17-20-8-5-4-6-9-20)31-26(34)23(16-19-11-13-21(32)14-12-19)30-25(33)22-10-7-15-28-22/h4-6,8-9,11-14,18,22-24,28,32H,3,7,10,15-17H2,1-2H3,(H,29,35)(H,30,33)(H,31,34)/t18-,22-,23-,24-/m0/s1. The van der Waals surface area contributed by atoms with Crippen LogP contribution in [0.4, 0.5) is 0 Å². The molecule has 0 aliphatic carbocycles. The first-order valence-corrected chi connectivity index (χ1v) is 12.3. The summed E-state index contributed by atoms with van der Waals surface area (Å²) in [6.07, 6.45) is 2.56. The predicted molar refractivity (Wildman–Crippen MR) is 134 cm³/mol. The van der Waals surface area contributed by atoms with Gasteiger partial charge in [-0.1, -0.05) is 62.7 Å². The number of aromatic hydroxyl groups is 1. The molecule has 4 atom stereocenters. The molecule has 8 nitrogen and oxygen atoms in total. The van der Waals surface area contributed by atoms with E-state index < -0.39 is 18.0 Å². The number of benzene rings is 2. The molecule has 1 saturated heterocycles. The molecule has 0 radical (unpaired) electrons. The Morgan fingerprint density at radius 3 is 2.34 bits per heavy atom. The van der Waals surface area contributed by atoms with Gasteiger partial charge in [-0.25, -0.2) is 0 Å². The van der Waals surface area contributed by atoms with Crippen LogP contribution >= 0.6 is 0 Å². The minimum absolute atomic E-state index is 0.101. The van der Waals surface area contributed by atoms with Crippen LogP contribution in [0.15, 0.2) is 54.6 Å². The van der Waals surface area contributed by atoms with E-state index in [2.05, 4.69) is 21.3 Å². The maximum atomic E-state index is 13.4. The van der Waals surface area contributed by atoms with Crippen molar-refractivity contribution in [3.8, 4) is 5.75 Å². The quantitative estimate of drug-likeness (QED) is 0.337. The van der Waals surface area contributed by atoms with E-state index in [9.17, 15) is 19.5 Å². The summed E-state index contributed by atoms with van der Waals surface area (Å²) in [7, 11) is 0. The van der Waals surface area contributed by atoms with Crippen LogP contribution < -0.4 is 21.3 Å². The van der Waals surface area contributed by atoms with Crippen LogP contribution in [-0.2, 0) is 27.3 Å². The molecule has 188 valence electrons. The Morgan fingerprint density at radius 1 is 1.00 bits per heavy atom. The highest BCUT2D eigenvalue weighted by atomic mass is 16.3. The van der Waals surface area contributed by atoms with Crippen molar-refractivity contribution in [2.75, 3.05) is 6.54 Å². The van der Waals surface area contributed by atoms with Crippen LogP contribution in [0.2, 0.25) is 0 Å². The van der Waals surface area contributed by atoms with E-state index in [4.69, 9.17) is 0 Å². The minimum Gasteiger partial charge on any atom is -0.508 e. The van der Waals surface area contributed by atoms with Crippen molar-refractivity contribution in [1.82, 2.24) is 21.3 Å². The largest absolute Gasteiger partial charge is 0.508 e. The molecule has 2 aromatic rings. The van der Waals surface area contributed by atoms with Gasteiger partial charge in [0.2, 0.25) is 17.7 Å². The number of amides is 3. The van der Waals surface area contributed by atoms with E-state index in [1.165, 1.54) is 0 Å². The fraction of sp³-hybridized carbons (Fsp3) is 0.444. The number of rotatable bonds is 11. The molecule has 1 aliphatic heterocycles. The molecule has 0 saturated carbocycles. The Labute approximate surface area is 206 Å². The summed E-state index contributed by atoms with van der Waals surface area (Å²) in [5.41, 5.74) is 1.76. The number of phenolic OH excluding ortho intramolecular Hbond substituents is 1. The van der Waals surface area contributed by atoms with E-state index in [1.54, 1.807) is 24.3 Å². The van der Waals surface area contributed by atoms with E-state index in [-0.39, 0.29) is 35.9 Å². The summed E-state index contributed by atoms with van der Waals surface area (Å²) in [6.45, 7) is 5.02. The number of phenols is 1. The molecule has 3 amide bonds. The maximum absolute atomic E-state index is 13.4. The Balaban J connectivity index is 1.72. The van der Waals surface area contributed by atoms with Gasteiger partial charge in [0.25, 0.3) is 0 Å². The Hall–Kier alpha value is -3.39. The van der Waals surface area contributed by atoms with Crippen molar-refractivity contribution in [2.24, 2.45) is 5.92 Å². The monoisotopic (exact) mass is 480 g/mol. The lowest BCUT2D eigenvalue weighted by molar-refractivity contribution is -0.133. The van der Waals surface area contributed by atoms with Crippen molar-refractivity contribution in [2.45, 2.75) is 64.2 Å². The SMILES string of the molecule is CC[C@H](C)[C@H](NC(=O)[C@H](Cc1ccc(O)cc1)NC(=O)[C@@H]1CCCN1)C(=O)NCc1ccccc1. The lowest BCUT2D eigenvalue weighted by Crippen LogP contribution is -2.57. The van der Waals surface area contributed by atoms with Gasteiger partial charge in [-0.3, -0.25) is 14.4 Å². The number of carbonyl (C=O) groups excluding carboxylic acids is 3. The molecule has 0 spiro atoms. The summed E-state index contributed by atoms with van der Waals surface area (Å²) >= 11 is 0. The third-order valence-electron chi connectivity index (χ3n) is 6.49. The van der Waals surface area contributed by atoms with E-state index in [0.717, 1.165) is 30.5 Å². The molecule has 1 heterocycles. The summed E-state index contributed by atoms with van der Waals surface area (Å²) in [5, 5.41) is 21.4. The van der Waals surface area contributed by atoms with Gasteiger partial charge in [-0.2, -0.15) is 0 Å². The van der Waals surface area contributed by atoms with Gasteiger partial charge in [-0.15, -0.1) is 0 Å². The lowest BCUT2D eigenvalue weighted by Gasteiger charge is -2.27. The van der Waals surface area contributed by atoms with Crippen LogP contribution in [0, 0.1) is 5.92 Å². The molecule has 0 unspecified atom stereocenters. The molecule has 2 aromatic carbocycles. The molecule has 0 bridgehead atoms. The number of hydrogen-bond acceptors (Lipinski definition) is 5. The van der Waals surface area contributed by atoms with Gasteiger partial charge in [0, 0.05) is 13.0 Å². The Kier molecular flexibility index (Phi) is 9.66. The molecule has 0 aromatic heterocycles. The second-order valence-corrected chi connectivity index (χ2v) is 9.16. The second kappa shape index (κ2) is 12.9. The highest BCUT2D eigenvalue weighted by Crippen LogP contribution is 2.14. The van der Waals surface area contributed by atoms with Crippen molar-refractivity contribution in [1.29, 1.82) is 0 Å². The molecular weight excluding hydrogens is 444 g/mol. The van der Waals surface area contributed by atoms with E-state index in [1.807, 2.05) is 44.2 Å². The normalized spacial score (nSPS) is 17.7. The highest BCUT2D eigenvalue weighted by Gasteiger charge is 2.31. The van der Waals surface area contributed by atoms with Crippen molar-refractivity contribution in [3.63, 3.8) is 0 Å². The minimum atomic E-state index is -0.858. The molecule has 1 aliphatic rings. The zero-order valence-corrected chi connectivity index (χ0v) is 20.4. The first-order chi connectivity index (χ1) is 16.9. The van der Waals surface area contributed by atoms with Gasteiger partial charge >= 0.3 is 0 Å². The fourth-order valence-electron chi connectivity index (χ4n) is 4.11. The van der Waals surface area contributed by atoms with Gasteiger partial charge in [0.05, 0.1) is 6.04 Å². The Bertz CT molecular complexity index is 974. The zero-order valence-electron chi connectivity index (χ0n) is 20.4. The molecule has 3 rings (SSSR count). The highest BCUT2D eigenvalue weighted by molar-refractivity contribution is 5.93. The average Bonchev–Trinajstić information content (AvgIpc) is 3.42. The first kappa shape index (κ1) is 26.2.